The third-order valence-corrected chi connectivity index (χ3v) is 4.55. The Balaban J connectivity index is 2.90. The van der Waals surface area contributed by atoms with E-state index in [1.54, 1.807) is 20.2 Å². The van der Waals surface area contributed by atoms with Gasteiger partial charge in [0.05, 0.1) is 17.2 Å². The normalized spacial score (nSPS) is 11.7. The van der Waals surface area contributed by atoms with Gasteiger partial charge in [-0.25, -0.2) is 9.18 Å². The van der Waals surface area contributed by atoms with Gasteiger partial charge in [-0.3, -0.25) is 24.0 Å². The summed E-state index contributed by atoms with van der Waals surface area (Å²) in [5, 5.41) is 20.6. The lowest BCUT2D eigenvalue weighted by molar-refractivity contribution is -0.481. The van der Waals surface area contributed by atoms with Crippen LogP contribution < -0.4 is 21.9 Å². The molecule has 0 amide bonds. The first-order chi connectivity index (χ1) is 13.0. The number of nitro groups is 1. The van der Waals surface area contributed by atoms with Crippen LogP contribution in [0.15, 0.2) is 21.7 Å². The van der Waals surface area contributed by atoms with Crippen molar-refractivity contribution in [1.29, 1.82) is 5.26 Å². The number of benzene rings is 1. The molecule has 0 saturated heterocycles. The van der Waals surface area contributed by atoms with Crippen LogP contribution >= 0.6 is 0 Å². The number of halogens is 1. The van der Waals surface area contributed by atoms with Crippen molar-refractivity contribution < 1.29 is 9.31 Å². The van der Waals surface area contributed by atoms with E-state index in [9.17, 15) is 25.0 Å². The molecular weight excluding hydrogens is 371 g/mol. The molecular formula is C17H19FN6O4. The summed E-state index contributed by atoms with van der Waals surface area (Å²) in [6.45, 7) is -0.846. The maximum Gasteiger partial charge on any atom is 0.332 e. The van der Waals surface area contributed by atoms with Crippen LogP contribution in [0.5, 0.6) is 0 Å². The number of nitriles is 1. The van der Waals surface area contributed by atoms with Gasteiger partial charge in [0, 0.05) is 38.7 Å². The number of nitrogen functional groups attached to an aromatic ring is 1. The van der Waals surface area contributed by atoms with E-state index >= 15 is 4.39 Å². The van der Waals surface area contributed by atoms with Crippen molar-refractivity contribution in [2.75, 3.05) is 31.3 Å². The molecule has 0 spiro atoms. The Morgan fingerprint density at radius 2 is 1.93 bits per heavy atom. The molecule has 11 heteroatoms. The maximum absolute atomic E-state index is 15.1. The maximum atomic E-state index is 15.1. The van der Waals surface area contributed by atoms with E-state index < -0.39 is 34.5 Å². The molecule has 10 nitrogen and oxygen atoms in total. The zero-order valence-corrected chi connectivity index (χ0v) is 15.8. The Kier molecular flexibility index (Phi) is 5.54. The summed E-state index contributed by atoms with van der Waals surface area (Å²) < 4.78 is 16.8. The number of rotatable bonds is 5. The first-order valence-corrected chi connectivity index (χ1v) is 8.09. The Morgan fingerprint density at radius 3 is 2.43 bits per heavy atom. The van der Waals surface area contributed by atoms with E-state index in [4.69, 9.17) is 5.73 Å². The number of hydrogen-bond acceptors (Lipinski definition) is 7. The molecule has 28 heavy (non-hydrogen) atoms. The van der Waals surface area contributed by atoms with Crippen LogP contribution in [0.25, 0.3) is 0 Å². The van der Waals surface area contributed by atoms with Crippen LogP contribution in [0.1, 0.15) is 22.6 Å². The summed E-state index contributed by atoms with van der Waals surface area (Å²) in [5.41, 5.74) is 3.80. The number of anilines is 2. The molecule has 2 aromatic rings. The van der Waals surface area contributed by atoms with Crippen molar-refractivity contribution in [2.24, 2.45) is 14.1 Å². The van der Waals surface area contributed by atoms with Gasteiger partial charge in [-0.05, 0) is 6.07 Å². The van der Waals surface area contributed by atoms with Crippen molar-refractivity contribution in [3.8, 4) is 6.07 Å². The zero-order valence-electron chi connectivity index (χ0n) is 15.8. The summed E-state index contributed by atoms with van der Waals surface area (Å²) in [6.07, 6.45) is 0. The van der Waals surface area contributed by atoms with Crippen molar-refractivity contribution in [3.05, 3.63) is 65.6 Å². The third kappa shape index (κ3) is 3.32. The Bertz CT molecular complexity index is 1110. The number of hydrogen-bond donors (Lipinski definition) is 1. The fraction of sp³-hybridized carbons (Fsp3) is 0.353. The average molecular weight is 390 g/mol. The lowest BCUT2D eigenvalue weighted by Gasteiger charge is -2.21. The molecule has 1 aromatic heterocycles. The average Bonchev–Trinajstić information content (AvgIpc) is 2.63. The minimum Gasteiger partial charge on any atom is -0.385 e. The quantitative estimate of drug-likeness (QED) is 0.566. The van der Waals surface area contributed by atoms with Crippen molar-refractivity contribution in [3.63, 3.8) is 0 Å². The second-order valence-electron chi connectivity index (χ2n) is 6.44. The SMILES string of the molecule is CN(C)c1ccc([C@H](C[N+](=O)[O-])c2c(N)n(C)c(=O)n(C)c2=O)c(F)c1C#N. The molecule has 0 unspecified atom stereocenters. The minimum absolute atomic E-state index is 0.221. The first kappa shape index (κ1) is 20.6. The topological polar surface area (TPSA) is 140 Å². The summed E-state index contributed by atoms with van der Waals surface area (Å²) in [7, 11) is 5.73. The van der Waals surface area contributed by atoms with E-state index in [0.717, 1.165) is 9.13 Å². The molecule has 2 rings (SSSR count). The Hall–Kier alpha value is -3.68. The van der Waals surface area contributed by atoms with E-state index in [2.05, 4.69) is 0 Å². The van der Waals surface area contributed by atoms with E-state index in [1.807, 2.05) is 0 Å². The highest BCUT2D eigenvalue weighted by atomic mass is 19.1. The number of nitrogens with two attached hydrogens (primary N) is 1. The van der Waals surface area contributed by atoms with Gasteiger partial charge in [-0.1, -0.05) is 6.07 Å². The fourth-order valence-electron chi connectivity index (χ4n) is 3.04. The third-order valence-electron chi connectivity index (χ3n) is 4.55. The van der Waals surface area contributed by atoms with Crippen molar-refractivity contribution in [1.82, 2.24) is 9.13 Å². The molecule has 1 aromatic carbocycles. The molecule has 148 valence electrons. The molecule has 0 fully saturated rings. The second kappa shape index (κ2) is 7.51. The van der Waals surface area contributed by atoms with Gasteiger partial charge >= 0.3 is 5.69 Å². The highest BCUT2D eigenvalue weighted by Crippen LogP contribution is 2.32. The smallest absolute Gasteiger partial charge is 0.332 e. The predicted octanol–water partition coefficient (Wildman–Crippen LogP) is 0.152. The minimum atomic E-state index is -1.39. The highest BCUT2D eigenvalue weighted by Gasteiger charge is 2.32. The van der Waals surface area contributed by atoms with E-state index in [1.165, 1.54) is 31.1 Å². The van der Waals surface area contributed by atoms with Gasteiger partial charge < -0.3 is 10.6 Å². The summed E-state index contributed by atoms with van der Waals surface area (Å²) in [4.78, 5) is 36.7. The second-order valence-corrected chi connectivity index (χ2v) is 6.44. The largest absolute Gasteiger partial charge is 0.385 e. The molecule has 1 heterocycles. The molecule has 2 N–H and O–H groups in total. The van der Waals surface area contributed by atoms with Crippen LogP contribution in [-0.4, -0.2) is 34.7 Å². The van der Waals surface area contributed by atoms with E-state index in [0.29, 0.717) is 0 Å². The Labute approximate surface area is 159 Å². The fourth-order valence-corrected chi connectivity index (χ4v) is 3.04. The standard InChI is InChI=1S/C17H19FN6O4/c1-21(2)12-6-5-9(14(18)10(12)7-19)11(8-24(27)28)13-15(20)22(3)17(26)23(4)16(13)25/h5-6,11H,8,20H2,1-4H3/t11-/m0/s1. The van der Waals surface area contributed by atoms with Gasteiger partial charge in [-0.2, -0.15) is 5.26 Å². The molecule has 0 saturated carbocycles. The molecule has 0 aliphatic carbocycles. The van der Waals surface area contributed by atoms with Gasteiger partial charge in [0.25, 0.3) is 5.56 Å². The van der Waals surface area contributed by atoms with Gasteiger partial charge in [0.1, 0.15) is 23.3 Å². The van der Waals surface area contributed by atoms with Crippen LogP contribution in [0, 0.1) is 27.3 Å². The van der Waals surface area contributed by atoms with Crippen LogP contribution in [0.4, 0.5) is 15.9 Å². The van der Waals surface area contributed by atoms with Crippen molar-refractivity contribution in [2.45, 2.75) is 5.92 Å². The van der Waals surface area contributed by atoms with Gasteiger partial charge in [-0.15, -0.1) is 0 Å². The summed E-state index contributed by atoms with van der Waals surface area (Å²) in [5.74, 6) is -2.66. The highest BCUT2D eigenvalue weighted by molar-refractivity contribution is 5.62. The van der Waals surface area contributed by atoms with Crippen molar-refractivity contribution >= 4 is 11.5 Å². The lowest BCUT2D eigenvalue weighted by Crippen LogP contribution is -2.42. The predicted molar refractivity (Wildman–Crippen MR) is 100 cm³/mol. The number of nitrogens with zero attached hydrogens (tertiary/aromatic N) is 5. The molecule has 0 aliphatic rings. The monoisotopic (exact) mass is 390 g/mol. The lowest BCUT2D eigenvalue weighted by atomic mass is 9.89. The first-order valence-electron chi connectivity index (χ1n) is 8.09. The van der Waals surface area contributed by atoms with Crippen LogP contribution in [-0.2, 0) is 14.1 Å². The van der Waals surface area contributed by atoms with Crippen LogP contribution in [0.3, 0.4) is 0 Å². The molecule has 0 radical (unpaired) electrons. The Morgan fingerprint density at radius 1 is 1.32 bits per heavy atom. The number of aromatic nitrogens is 2. The van der Waals surface area contributed by atoms with Crippen LogP contribution in [0.2, 0.25) is 0 Å². The molecule has 0 bridgehead atoms. The van der Waals surface area contributed by atoms with E-state index in [-0.39, 0.29) is 28.2 Å². The van der Waals surface area contributed by atoms with Gasteiger partial charge in [0.2, 0.25) is 6.54 Å². The summed E-state index contributed by atoms with van der Waals surface area (Å²) >= 11 is 0. The molecule has 1 atom stereocenters. The molecule has 0 aliphatic heterocycles. The zero-order chi connectivity index (χ0) is 21.3. The van der Waals surface area contributed by atoms with Gasteiger partial charge in [0.15, 0.2) is 0 Å². The summed E-state index contributed by atoms with van der Waals surface area (Å²) in [6, 6.07) is 4.47.